The summed E-state index contributed by atoms with van der Waals surface area (Å²) in [5, 5.41) is 3.27. The quantitative estimate of drug-likeness (QED) is 0.681. The van der Waals surface area contributed by atoms with Crippen molar-refractivity contribution >= 4 is 11.4 Å². The number of halogens is 1. The zero-order valence-corrected chi connectivity index (χ0v) is 8.89. The van der Waals surface area contributed by atoms with Gasteiger partial charge in [0.15, 0.2) is 0 Å². The molecule has 0 aliphatic carbocycles. The van der Waals surface area contributed by atoms with Crippen molar-refractivity contribution in [3.8, 4) is 0 Å². The van der Waals surface area contributed by atoms with Crippen LogP contribution < -0.4 is 16.0 Å². The summed E-state index contributed by atoms with van der Waals surface area (Å²) in [7, 11) is 0. The number of hydrogen-bond acceptors (Lipinski definition) is 3. The molecule has 1 aliphatic rings. The van der Waals surface area contributed by atoms with Crippen LogP contribution in [0.1, 0.15) is 5.56 Å². The number of anilines is 2. The van der Waals surface area contributed by atoms with E-state index in [2.05, 4.69) is 10.2 Å². The Morgan fingerprint density at radius 2 is 2.00 bits per heavy atom. The van der Waals surface area contributed by atoms with Gasteiger partial charge in [0.2, 0.25) is 0 Å². The minimum atomic E-state index is -0.325. The fraction of sp³-hybridized carbons (Fsp3) is 0.455. The summed E-state index contributed by atoms with van der Waals surface area (Å²) >= 11 is 0. The van der Waals surface area contributed by atoms with Crippen molar-refractivity contribution in [1.82, 2.24) is 5.32 Å². The van der Waals surface area contributed by atoms with E-state index in [0.717, 1.165) is 37.4 Å². The molecule has 1 aromatic rings. The molecule has 0 spiro atoms. The molecule has 3 N–H and O–H groups in total. The van der Waals surface area contributed by atoms with Crippen LogP contribution in [-0.2, 0) is 0 Å². The van der Waals surface area contributed by atoms with Gasteiger partial charge >= 0.3 is 0 Å². The molecule has 1 aliphatic heterocycles. The van der Waals surface area contributed by atoms with E-state index in [1.165, 1.54) is 6.07 Å². The van der Waals surface area contributed by atoms with Crippen LogP contribution in [0, 0.1) is 12.7 Å². The summed E-state index contributed by atoms with van der Waals surface area (Å²) in [6, 6.07) is 3.24. The van der Waals surface area contributed by atoms with E-state index in [1.54, 1.807) is 6.07 Å². The van der Waals surface area contributed by atoms with E-state index >= 15 is 0 Å². The molecule has 82 valence electrons. The fourth-order valence-corrected chi connectivity index (χ4v) is 1.94. The second-order valence-electron chi connectivity index (χ2n) is 3.90. The molecule has 4 heteroatoms. The van der Waals surface area contributed by atoms with Gasteiger partial charge in [0.05, 0.1) is 5.69 Å². The molecule has 0 atom stereocenters. The summed E-state index contributed by atoms with van der Waals surface area (Å²) in [6.07, 6.45) is 0. The van der Waals surface area contributed by atoms with Gasteiger partial charge in [-0.3, -0.25) is 0 Å². The number of piperazine rings is 1. The van der Waals surface area contributed by atoms with Gasteiger partial charge in [-0.15, -0.1) is 0 Å². The number of rotatable bonds is 1. The predicted octanol–water partition coefficient (Wildman–Crippen LogP) is 1.13. The highest BCUT2D eigenvalue weighted by Crippen LogP contribution is 2.25. The smallest absolute Gasteiger partial charge is 0.148 e. The highest BCUT2D eigenvalue weighted by atomic mass is 19.1. The average Bonchev–Trinajstić information content (AvgIpc) is 2.25. The summed E-state index contributed by atoms with van der Waals surface area (Å²) in [6.45, 7) is 5.71. The lowest BCUT2D eigenvalue weighted by Crippen LogP contribution is -2.43. The van der Waals surface area contributed by atoms with Gasteiger partial charge in [-0.2, -0.15) is 0 Å². The van der Waals surface area contributed by atoms with E-state index < -0.39 is 0 Å². The molecule has 2 rings (SSSR count). The first-order valence-corrected chi connectivity index (χ1v) is 5.20. The molecule has 1 saturated heterocycles. The summed E-state index contributed by atoms with van der Waals surface area (Å²) in [5.74, 6) is -0.325. The van der Waals surface area contributed by atoms with E-state index in [4.69, 9.17) is 5.73 Å². The number of nitrogen functional groups attached to an aromatic ring is 1. The number of nitrogens with one attached hydrogen (secondary N) is 1. The maximum atomic E-state index is 13.3. The molecular weight excluding hydrogens is 193 g/mol. The SMILES string of the molecule is Cc1cc(N)c(F)cc1N1CCNCC1. The lowest BCUT2D eigenvalue weighted by Gasteiger charge is -2.30. The van der Waals surface area contributed by atoms with Crippen LogP contribution in [-0.4, -0.2) is 26.2 Å². The minimum Gasteiger partial charge on any atom is -0.396 e. The molecule has 3 nitrogen and oxygen atoms in total. The summed E-state index contributed by atoms with van der Waals surface area (Å²) < 4.78 is 13.3. The maximum absolute atomic E-state index is 13.3. The molecular formula is C11H16FN3. The molecule has 1 heterocycles. The second-order valence-corrected chi connectivity index (χ2v) is 3.90. The Bertz CT molecular complexity index is 359. The van der Waals surface area contributed by atoms with Crippen molar-refractivity contribution in [2.45, 2.75) is 6.92 Å². The number of aryl methyl sites for hydroxylation is 1. The lowest BCUT2D eigenvalue weighted by molar-refractivity contribution is 0.584. The van der Waals surface area contributed by atoms with Crippen LogP contribution >= 0.6 is 0 Å². The number of benzene rings is 1. The fourth-order valence-electron chi connectivity index (χ4n) is 1.94. The number of hydrogen-bond donors (Lipinski definition) is 2. The van der Waals surface area contributed by atoms with E-state index in [1.807, 2.05) is 6.92 Å². The first-order chi connectivity index (χ1) is 7.18. The second kappa shape index (κ2) is 4.06. The molecule has 0 amide bonds. The normalized spacial score (nSPS) is 16.8. The Morgan fingerprint density at radius 3 is 2.67 bits per heavy atom. The molecule has 0 radical (unpaired) electrons. The Balaban J connectivity index is 2.30. The van der Waals surface area contributed by atoms with Gasteiger partial charge in [-0.1, -0.05) is 0 Å². The molecule has 0 aromatic heterocycles. The zero-order valence-electron chi connectivity index (χ0n) is 8.89. The Labute approximate surface area is 89.1 Å². The topological polar surface area (TPSA) is 41.3 Å². The third kappa shape index (κ3) is 2.04. The Hall–Kier alpha value is -1.29. The predicted molar refractivity (Wildman–Crippen MR) is 60.6 cm³/mol. The monoisotopic (exact) mass is 209 g/mol. The van der Waals surface area contributed by atoms with Gasteiger partial charge in [0, 0.05) is 31.9 Å². The molecule has 0 saturated carbocycles. The van der Waals surface area contributed by atoms with Crippen molar-refractivity contribution in [3.05, 3.63) is 23.5 Å². The number of nitrogens with two attached hydrogens (primary N) is 1. The van der Waals surface area contributed by atoms with Crippen LogP contribution in [0.25, 0.3) is 0 Å². The third-order valence-electron chi connectivity index (χ3n) is 2.77. The van der Waals surface area contributed by atoms with Gasteiger partial charge in [0.1, 0.15) is 5.82 Å². The van der Waals surface area contributed by atoms with Crippen molar-refractivity contribution in [2.24, 2.45) is 0 Å². The van der Waals surface area contributed by atoms with Gasteiger partial charge in [-0.05, 0) is 24.6 Å². The summed E-state index contributed by atoms with van der Waals surface area (Å²) in [5.41, 5.74) is 7.74. The highest BCUT2D eigenvalue weighted by molar-refractivity contribution is 5.60. The highest BCUT2D eigenvalue weighted by Gasteiger charge is 2.14. The Morgan fingerprint density at radius 1 is 1.33 bits per heavy atom. The first kappa shape index (κ1) is 10.2. The van der Waals surface area contributed by atoms with E-state index in [-0.39, 0.29) is 11.5 Å². The third-order valence-corrected chi connectivity index (χ3v) is 2.77. The molecule has 0 unspecified atom stereocenters. The molecule has 0 bridgehead atoms. The lowest BCUT2D eigenvalue weighted by atomic mass is 10.1. The van der Waals surface area contributed by atoms with Gasteiger partial charge in [-0.25, -0.2) is 4.39 Å². The molecule has 15 heavy (non-hydrogen) atoms. The zero-order chi connectivity index (χ0) is 10.8. The maximum Gasteiger partial charge on any atom is 0.148 e. The van der Waals surface area contributed by atoms with Crippen LogP contribution in [0.4, 0.5) is 15.8 Å². The van der Waals surface area contributed by atoms with E-state index in [0.29, 0.717) is 0 Å². The van der Waals surface area contributed by atoms with Crippen molar-refractivity contribution in [2.75, 3.05) is 36.8 Å². The molecule has 1 aromatic carbocycles. The van der Waals surface area contributed by atoms with Crippen LogP contribution in [0.2, 0.25) is 0 Å². The largest absolute Gasteiger partial charge is 0.396 e. The summed E-state index contributed by atoms with van der Waals surface area (Å²) in [4.78, 5) is 2.19. The average molecular weight is 209 g/mol. The number of nitrogens with zero attached hydrogens (tertiary/aromatic N) is 1. The molecule has 1 fully saturated rings. The van der Waals surface area contributed by atoms with Crippen LogP contribution in [0.5, 0.6) is 0 Å². The van der Waals surface area contributed by atoms with Gasteiger partial charge in [0.25, 0.3) is 0 Å². The first-order valence-electron chi connectivity index (χ1n) is 5.20. The van der Waals surface area contributed by atoms with Crippen LogP contribution in [0.3, 0.4) is 0 Å². The van der Waals surface area contributed by atoms with Gasteiger partial charge < -0.3 is 16.0 Å². The minimum absolute atomic E-state index is 0.228. The van der Waals surface area contributed by atoms with Crippen molar-refractivity contribution < 1.29 is 4.39 Å². The van der Waals surface area contributed by atoms with Crippen molar-refractivity contribution in [3.63, 3.8) is 0 Å². The van der Waals surface area contributed by atoms with Crippen molar-refractivity contribution in [1.29, 1.82) is 0 Å². The standard InChI is InChI=1S/C11H16FN3/c1-8-6-10(13)9(12)7-11(8)15-4-2-14-3-5-15/h6-7,14H,2-5,13H2,1H3. The van der Waals surface area contributed by atoms with E-state index in [9.17, 15) is 4.39 Å². The Kier molecular flexibility index (Phi) is 2.77. The van der Waals surface area contributed by atoms with Crippen LogP contribution in [0.15, 0.2) is 12.1 Å².